The molecule has 3 rings (SSSR count). The van der Waals surface area contributed by atoms with E-state index in [4.69, 9.17) is 5.73 Å². The number of nitrogens with zero attached hydrogens (tertiary/aromatic N) is 6. The van der Waals surface area contributed by atoms with Crippen molar-refractivity contribution in [2.24, 2.45) is 0 Å². The van der Waals surface area contributed by atoms with Gasteiger partial charge in [0.25, 0.3) is 5.91 Å². The zero-order chi connectivity index (χ0) is 17.8. The first-order chi connectivity index (χ1) is 12.0. The second-order valence-electron chi connectivity index (χ2n) is 5.58. The van der Waals surface area contributed by atoms with Gasteiger partial charge in [0.15, 0.2) is 5.69 Å². The van der Waals surface area contributed by atoms with Crippen molar-refractivity contribution in [3.05, 3.63) is 59.1 Å². The maximum atomic E-state index is 12.3. The van der Waals surface area contributed by atoms with E-state index in [2.05, 4.69) is 30.6 Å². The third kappa shape index (κ3) is 3.94. The van der Waals surface area contributed by atoms with Crippen LogP contribution in [0.5, 0.6) is 0 Å². The van der Waals surface area contributed by atoms with Gasteiger partial charge in [0.05, 0.1) is 6.20 Å². The maximum absolute atomic E-state index is 12.3. The van der Waals surface area contributed by atoms with Crippen LogP contribution in [0.1, 0.15) is 33.1 Å². The Labute approximate surface area is 144 Å². The van der Waals surface area contributed by atoms with Gasteiger partial charge in [-0.1, -0.05) is 5.21 Å². The van der Waals surface area contributed by atoms with E-state index in [1.165, 1.54) is 4.68 Å². The highest BCUT2D eigenvalue weighted by Crippen LogP contribution is 2.14. The number of carbonyl (C=O) groups is 1. The number of aromatic nitrogens is 6. The van der Waals surface area contributed by atoms with E-state index >= 15 is 0 Å². The average molecular weight is 338 g/mol. The fraction of sp³-hybridized carbons (Fsp3) is 0.250. The minimum Gasteiger partial charge on any atom is -0.384 e. The van der Waals surface area contributed by atoms with Gasteiger partial charge in [-0.15, -0.1) is 5.10 Å². The number of aryl methyl sites for hydroxylation is 2. The van der Waals surface area contributed by atoms with Gasteiger partial charge in [-0.2, -0.15) is 0 Å². The first-order valence-corrected chi connectivity index (χ1v) is 7.70. The molecule has 0 radical (unpaired) electrons. The van der Waals surface area contributed by atoms with Gasteiger partial charge in [0.1, 0.15) is 18.2 Å². The zero-order valence-electron chi connectivity index (χ0n) is 14.0. The van der Waals surface area contributed by atoms with Gasteiger partial charge in [-0.25, -0.2) is 19.6 Å². The van der Waals surface area contributed by atoms with Crippen LogP contribution in [0, 0.1) is 13.8 Å². The Bertz CT molecular complexity index is 867. The number of nitrogens with two attached hydrogens (primary N) is 1. The Balaban J connectivity index is 1.64. The molecule has 0 fully saturated rings. The quantitative estimate of drug-likeness (QED) is 0.699. The van der Waals surface area contributed by atoms with Crippen molar-refractivity contribution in [3.8, 4) is 0 Å². The van der Waals surface area contributed by atoms with Crippen LogP contribution in [0.4, 0.5) is 5.82 Å². The SMILES string of the molecule is Cc1cc(N)nc(C)c1CNC(=O)c1cn(Cc2ncccn2)nn1. The first kappa shape index (κ1) is 16.5. The summed E-state index contributed by atoms with van der Waals surface area (Å²) in [7, 11) is 0. The van der Waals surface area contributed by atoms with Crippen LogP contribution in [-0.2, 0) is 13.1 Å². The van der Waals surface area contributed by atoms with Gasteiger partial charge < -0.3 is 11.1 Å². The Hall–Kier alpha value is -3.36. The van der Waals surface area contributed by atoms with Gasteiger partial charge in [-0.05, 0) is 37.1 Å². The van der Waals surface area contributed by atoms with Crippen LogP contribution in [0.2, 0.25) is 0 Å². The lowest BCUT2D eigenvalue weighted by molar-refractivity contribution is 0.0945. The van der Waals surface area contributed by atoms with Crippen LogP contribution in [-0.4, -0.2) is 35.9 Å². The van der Waals surface area contributed by atoms with Crippen LogP contribution in [0.3, 0.4) is 0 Å². The van der Waals surface area contributed by atoms with Gasteiger partial charge in [0.2, 0.25) is 0 Å². The Kier molecular flexibility index (Phi) is 4.64. The third-order valence-electron chi connectivity index (χ3n) is 3.69. The normalized spacial score (nSPS) is 10.6. The first-order valence-electron chi connectivity index (χ1n) is 7.70. The molecule has 3 aromatic rings. The van der Waals surface area contributed by atoms with Crippen molar-refractivity contribution >= 4 is 11.7 Å². The summed E-state index contributed by atoms with van der Waals surface area (Å²) in [6.45, 7) is 4.49. The average Bonchev–Trinajstić information content (AvgIpc) is 3.03. The lowest BCUT2D eigenvalue weighted by Crippen LogP contribution is -2.24. The molecule has 0 unspecified atom stereocenters. The number of rotatable bonds is 5. The van der Waals surface area contributed by atoms with Crippen LogP contribution in [0.25, 0.3) is 0 Å². The van der Waals surface area contributed by atoms with E-state index in [9.17, 15) is 4.79 Å². The van der Waals surface area contributed by atoms with Gasteiger partial charge in [0, 0.05) is 24.6 Å². The van der Waals surface area contributed by atoms with E-state index in [-0.39, 0.29) is 11.6 Å². The largest absolute Gasteiger partial charge is 0.384 e. The van der Waals surface area contributed by atoms with Crippen molar-refractivity contribution in [1.82, 2.24) is 35.3 Å². The molecule has 3 heterocycles. The summed E-state index contributed by atoms with van der Waals surface area (Å²) in [6, 6.07) is 3.52. The van der Waals surface area contributed by atoms with Crippen molar-refractivity contribution in [1.29, 1.82) is 0 Å². The van der Waals surface area contributed by atoms with Crippen molar-refractivity contribution < 1.29 is 4.79 Å². The Morgan fingerprint density at radius 2 is 2.04 bits per heavy atom. The summed E-state index contributed by atoms with van der Waals surface area (Å²) in [4.78, 5) is 24.7. The molecule has 0 saturated carbocycles. The number of nitrogen functional groups attached to an aromatic ring is 1. The van der Waals surface area contributed by atoms with E-state index in [0.717, 1.165) is 16.8 Å². The molecule has 0 atom stereocenters. The molecule has 128 valence electrons. The molecule has 25 heavy (non-hydrogen) atoms. The van der Waals surface area contributed by atoms with Crippen molar-refractivity contribution in [2.75, 3.05) is 5.73 Å². The molecule has 3 N–H and O–H groups in total. The second-order valence-corrected chi connectivity index (χ2v) is 5.58. The van der Waals surface area contributed by atoms with Crippen LogP contribution >= 0.6 is 0 Å². The summed E-state index contributed by atoms with van der Waals surface area (Å²) in [6.07, 6.45) is 4.86. The summed E-state index contributed by atoms with van der Waals surface area (Å²) in [5.74, 6) is 0.755. The van der Waals surface area contributed by atoms with E-state index < -0.39 is 0 Å². The molecular formula is C16H18N8O. The van der Waals surface area contributed by atoms with Crippen LogP contribution < -0.4 is 11.1 Å². The monoisotopic (exact) mass is 338 g/mol. The predicted molar refractivity (Wildman–Crippen MR) is 90.4 cm³/mol. The van der Waals surface area contributed by atoms with E-state index in [1.54, 1.807) is 30.7 Å². The molecule has 0 saturated heterocycles. The smallest absolute Gasteiger partial charge is 0.273 e. The molecular weight excluding hydrogens is 320 g/mol. The molecule has 0 aromatic carbocycles. The fourth-order valence-electron chi connectivity index (χ4n) is 2.45. The molecule has 1 amide bonds. The van der Waals surface area contributed by atoms with E-state index in [1.807, 2.05) is 13.8 Å². The molecule has 0 bridgehead atoms. The van der Waals surface area contributed by atoms with Gasteiger partial charge >= 0.3 is 0 Å². The lowest BCUT2D eigenvalue weighted by atomic mass is 10.1. The molecule has 9 nitrogen and oxygen atoms in total. The predicted octanol–water partition coefficient (Wildman–Crippen LogP) is 0.640. The minimum absolute atomic E-state index is 0.231. The number of hydrogen-bond acceptors (Lipinski definition) is 7. The number of pyridine rings is 1. The maximum Gasteiger partial charge on any atom is 0.273 e. The Morgan fingerprint density at radius 1 is 1.28 bits per heavy atom. The molecule has 0 spiro atoms. The molecule has 9 heteroatoms. The van der Waals surface area contributed by atoms with E-state index in [0.29, 0.717) is 24.7 Å². The highest BCUT2D eigenvalue weighted by Gasteiger charge is 2.13. The van der Waals surface area contributed by atoms with Crippen molar-refractivity contribution in [2.45, 2.75) is 26.9 Å². The number of anilines is 1. The summed E-state index contributed by atoms with van der Waals surface area (Å²) in [5.41, 5.74) is 8.66. The molecule has 3 aromatic heterocycles. The molecule has 0 aliphatic rings. The zero-order valence-corrected chi connectivity index (χ0v) is 14.0. The number of hydrogen-bond donors (Lipinski definition) is 2. The van der Waals surface area contributed by atoms with Crippen molar-refractivity contribution in [3.63, 3.8) is 0 Å². The summed E-state index contributed by atoms with van der Waals surface area (Å²) < 4.78 is 1.52. The second kappa shape index (κ2) is 7.04. The van der Waals surface area contributed by atoms with Crippen LogP contribution in [0.15, 0.2) is 30.7 Å². The summed E-state index contributed by atoms with van der Waals surface area (Å²) >= 11 is 0. The summed E-state index contributed by atoms with van der Waals surface area (Å²) in [5, 5.41) is 10.7. The van der Waals surface area contributed by atoms with Gasteiger partial charge in [-0.3, -0.25) is 4.79 Å². The molecule has 0 aliphatic carbocycles. The lowest BCUT2D eigenvalue weighted by Gasteiger charge is -2.10. The minimum atomic E-state index is -0.309. The molecule has 0 aliphatic heterocycles. The highest BCUT2D eigenvalue weighted by molar-refractivity contribution is 5.91. The standard InChI is InChI=1S/C16H18N8O/c1-10-6-14(17)21-11(2)12(10)7-20-16(25)13-8-24(23-22-13)9-15-18-4-3-5-19-15/h3-6,8H,7,9H2,1-2H3,(H2,17,21)(H,20,25). The fourth-order valence-corrected chi connectivity index (χ4v) is 2.45. The highest BCUT2D eigenvalue weighted by atomic mass is 16.2. The number of carbonyl (C=O) groups excluding carboxylic acids is 1. The third-order valence-corrected chi connectivity index (χ3v) is 3.69. The Morgan fingerprint density at radius 3 is 2.76 bits per heavy atom. The topological polar surface area (TPSA) is 124 Å². The number of amides is 1. The number of nitrogens with one attached hydrogen (secondary N) is 1.